The lowest BCUT2D eigenvalue weighted by atomic mass is 10.0. The van der Waals surface area contributed by atoms with E-state index in [2.05, 4.69) is 12.2 Å². The van der Waals surface area contributed by atoms with Crippen LogP contribution in [0.2, 0.25) is 0 Å². The molecule has 0 aliphatic rings. The standard InChI is InChI=1S/C23H35F4NO2/c1-2-3-4-5-6-7-8-9-10-11-12-13-14-15-16-28-22-20(26)18(24)17(23(29)30)19(25)21(22)27/h28H,2-16H2,1H3,(H,29,30). The van der Waals surface area contributed by atoms with E-state index in [0.717, 1.165) is 19.3 Å². The molecular formula is C23H35F4NO2. The zero-order chi connectivity index (χ0) is 22.4. The van der Waals surface area contributed by atoms with Gasteiger partial charge in [0, 0.05) is 6.54 Å². The number of carbonyl (C=O) groups is 1. The summed E-state index contributed by atoms with van der Waals surface area (Å²) >= 11 is 0. The van der Waals surface area contributed by atoms with E-state index in [1.54, 1.807) is 0 Å². The molecule has 0 saturated heterocycles. The molecule has 3 nitrogen and oxygen atoms in total. The van der Waals surface area contributed by atoms with Crippen molar-refractivity contribution in [3.8, 4) is 0 Å². The third kappa shape index (κ3) is 8.92. The Morgan fingerprint density at radius 3 is 1.40 bits per heavy atom. The average molecular weight is 434 g/mol. The summed E-state index contributed by atoms with van der Waals surface area (Å²) < 4.78 is 55.0. The second kappa shape index (κ2) is 15.1. The monoisotopic (exact) mass is 433 g/mol. The molecule has 0 aliphatic heterocycles. The first-order valence-electron chi connectivity index (χ1n) is 11.2. The summed E-state index contributed by atoms with van der Waals surface area (Å²) in [5.74, 6) is -9.27. The highest BCUT2D eigenvalue weighted by Gasteiger charge is 2.29. The van der Waals surface area contributed by atoms with Crippen molar-refractivity contribution in [2.45, 2.75) is 96.8 Å². The Labute approximate surface area is 177 Å². The number of benzene rings is 1. The van der Waals surface area contributed by atoms with Crippen molar-refractivity contribution in [3.05, 3.63) is 28.8 Å². The number of rotatable bonds is 17. The molecule has 0 radical (unpaired) electrons. The van der Waals surface area contributed by atoms with E-state index in [-0.39, 0.29) is 6.54 Å². The van der Waals surface area contributed by atoms with Gasteiger partial charge in [0.1, 0.15) is 11.3 Å². The SMILES string of the molecule is CCCCCCCCCCCCCCCCNc1c(F)c(F)c(C(=O)O)c(F)c1F. The first kappa shape index (κ1) is 26.2. The van der Waals surface area contributed by atoms with Crippen molar-refractivity contribution in [2.75, 3.05) is 11.9 Å². The first-order chi connectivity index (χ1) is 14.4. The summed E-state index contributed by atoms with van der Waals surface area (Å²) in [4.78, 5) is 10.7. The van der Waals surface area contributed by atoms with E-state index < -0.39 is 40.5 Å². The third-order valence-electron chi connectivity index (χ3n) is 5.31. The summed E-state index contributed by atoms with van der Waals surface area (Å²) in [6.07, 6.45) is 16.4. The van der Waals surface area contributed by atoms with E-state index in [1.165, 1.54) is 64.2 Å². The van der Waals surface area contributed by atoms with Gasteiger partial charge in [-0.05, 0) is 6.42 Å². The quantitative estimate of drug-likeness (QED) is 0.149. The molecule has 1 aromatic rings. The molecule has 0 bridgehead atoms. The Morgan fingerprint density at radius 1 is 0.667 bits per heavy atom. The maximum atomic E-state index is 13.8. The molecular weight excluding hydrogens is 398 g/mol. The van der Waals surface area contributed by atoms with E-state index >= 15 is 0 Å². The maximum Gasteiger partial charge on any atom is 0.341 e. The molecule has 0 aromatic heterocycles. The molecule has 0 fully saturated rings. The minimum absolute atomic E-state index is 0.150. The maximum absolute atomic E-state index is 13.8. The smallest absolute Gasteiger partial charge is 0.341 e. The van der Waals surface area contributed by atoms with Gasteiger partial charge in [-0.25, -0.2) is 22.4 Å². The highest BCUT2D eigenvalue weighted by molar-refractivity contribution is 5.89. The first-order valence-corrected chi connectivity index (χ1v) is 11.2. The molecule has 0 saturated carbocycles. The van der Waals surface area contributed by atoms with Gasteiger partial charge in [0.15, 0.2) is 23.3 Å². The van der Waals surface area contributed by atoms with E-state index in [9.17, 15) is 22.4 Å². The largest absolute Gasteiger partial charge is 0.477 e. The lowest BCUT2D eigenvalue weighted by Gasteiger charge is -2.12. The second-order valence-corrected chi connectivity index (χ2v) is 7.83. The van der Waals surface area contributed by atoms with Crippen LogP contribution in [0.1, 0.15) is 107 Å². The van der Waals surface area contributed by atoms with Gasteiger partial charge in [-0.2, -0.15) is 0 Å². The highest BCUT2D eigenvalue weighted by atomic mass is 19.2. The van der Waals surface area contributed by atoms with Crippen molar-refractivity contribution in [1.82, 2.24) is 0 Å². The Morgan fingerprint density at radius 2 is 1.03 bits per heavy atom. The minimum atomic E-state index is -2.05. The lowest BCUT2D eigenvalue weighted by molar-refractivity contribution is 0.0683. The fourth-order valence-corrected chi connectivity index (χ4v) is 3.51. The van der Waals surface area contributed by atoms with Gasteiger partial charge < -0.3 is 10.4 Å². The summed E-state index contributed by atoms with van der Waals surface area (Å²) in [7, 11) is 0. The van der Waals surface area contributed by atoms with Crippen LogP contribution in [0.5, 0.6) is 0 Å². The number of aromatic carboxylic acids is 1. The van der Waals surface area contributed by atoms with Crippen LogP contribution in [0.15, 0.2) is 0 Å². The Balaban J connectivity index is 2.13. The summed E-state index contributed by atoms with van der Waals surface area (Å²) in [6, 6.07) is 0. The van der Waals surface area contributed by atoms with Crippen molar-refractivity contribution < 1.29 is 27.5 Å². The number of nitrogens with one attached hydrogen (secondary N) is 1. The van der Waals surface area contributed by atoms with Crippen LogP contribution in [-0.2, 0) is 0 Å². The van der Waals surface area contributed by atoms with Crippen LogP contribution in [-0.4, -0.2) is 17.6 Å². The molecule has 0 amide bonds. The highest BCUT2D eigenvalue weighted by Crippen LogP contribution is 2.28. The second-order valence-electron chi connectivity index (χ2n) is 7.83. The van der Waals surface area contributed by atoms with Gasteiger partial charge in [0.2, 0.25) is 0 Å². The molecule has 1 aromatic carbocycles. The number of carboxylic acids is 1. The van der Waals surface area contributed by atoms with Gasteiger partial charge in [-0.15, -0.1) is 0 Å². The summed E-state index contributed by atoms with van der Waals surface area (Å²) in [5, 5.41) is 11.0. The van der Waals surface area contributed by atoms with Crippen molar-refractivity contribution in [2.24, 2.45) is 0 Å². The molecule has 0 atom stereocenters. The number of halogens is 4. The number of carboxylic acid groups (broad SMARTS) is 1. The van der Waals surface area contributed by atoms with Gasteiger partial charge in [0.25, 0.3) is 0 Å². The van der Waals surface area contributed by atoms with Crippen LogP contribution in [0.25, 0.3) is 0 Å². The van der Waals surface area contributed by atoms with E-state index in [4.69, 9.17) is 5.11 Å². The number of unbranched alkanes of at least 4 members (excludes halogenated alkanes) is 13. The fraction of sp³-hybridized carbons (Fsp3) is 0.696. The fourth-order valence-electron chi connectivity index (χ4n) is 3.51. The Hall–Kier alpha value is -1.79. The topological polar surface area (TPSA) is 49.3 Å². The van der Waals surface area contributed by atoms with E-state index in [0.29, 0.717) is 6.42 Å². The van der Waals surface area contributed by atoms with Crippen LogP contribution >= 0.6 is 0 Å². The molecule has 0 heterocycles. The van der Waals surface area contributed by atoms with E-state index in [1.807, 2.05) is 0 Å². The van der Waals surface area contributed by atoms with Gasteiger partial charge >= 0.3 is 5.97 Å². The van der Waals surface area contributed by atoms with Crippen LogP contribution in [0, 0.1) is 23.3 Å². The molecule has 172 valence electrons. The molecule has 30 heavy (non-hydrogen) atoms. The summed E-state index contributed by atoms with van der Waals surface area (Å²) in [6.45, 7) is 2.37. The van der Waals surface area contributed by atoms with Crippen molar-refractivity contribution >= 4 is 11.7 Å². The molecule has 0 unspecified atom stereocenters. The molecule has 7 heteroatoms. The molecule has 2 N–H and O–H groups in total. The number of anilines is 1. The van der Waals surface area contributed by atoms with Crippen molar-refractivity contribution in [1.29, 1.82) is 0 Å². The van der Waals surface area contributed by atoms with Crippen molar-refractivity contribution in [3.63, 3.8) is 0 Å². The minimum Gasteiger partial charge on any atom is -0.477 e. The zero-order valence-electron chi connectivity index (χ0n) is 18.0. The molecule has 1 rings (SSSR count). The van der Waals surface area contributed by atoms with Gasteiger partial charge in [-0.3, -0.25) is 0 Å². The van der Waals surface area contributed by atoms with Crippen LogP contribution in [0.3, 0.4) is 0 Å². The third-order valence-corrected chi connectivity index (χ3v) is 5.31. The normalized spacial score (nSPS) is 11.1. The molecule has 0 aliphatic carbocycles. The predicted octanol–water partition coefficient (Wildman–Crippen LogP) is 7.83. The number of hydrogen-bond acceptors (Lipinski definition) is 2. The van der Waals surface area contributed by atoms with Gasteiger partial charge in [0.05, 0.1) is 0 Å². The van der Waals surface area contributed by atoms with Crippen LogP contribution < -0.4 is 5.32 Å². The molecule has 0 spiro atoms. The zero-order valence-corrected chi connectivity index (χ0v) is 18.0. The number of hydrogen-bond donors (Lipinski definition) is 2. The predicted molar refractivity (Wildman–Crippen MR) is 112 cm³/mol. The van der Waals surface area contributed by atoms with Crippen LogP contribution in [0.4, 0.5) is 23.2 Å². The Bertz CT molecular complexity index is 624. The van der Waals surface area contributed by atoms with Gasteiger partial charge in [-0.1, -0.05) is 90.4 Å². The Kier molecular flexibility index (Phi) is 13.2. The summed E-state index contributed by atoms with van der Waals surface area (Å²) in [5.41, 5.74) is -2.57. The lowest BCUT2D eigenvalue weighted by Crippen LogP contribution is -2.14. The average Bonchev–Trinajstić information content (AvgIpc) is 2.71.